The second-order valence-corrected chi connectivity index (χ2v) is 5.86. The monoisotopic (exact) mass is 310 g/mol. The molecule has 0 amide bonds. The Hall–Kier alpha value is -2.47. The molecule has 23 heavy (non-hydrogen) atoms. The lowest BCUT2D eigenvalue weighted by atomic mass is 10.1. The van der Waals surface area contributed by atoms with Crippen molar-refractivity contribution in [2.75, 3.05) is 13.1 Å². The van der Waals surface area contributed by atoms with Crippen molar-refractivity contribution in [3.8, 4) is 0 Å². The topological polar surface area (TPSA) is 64.2 Å². The quantitative estimate of drug-likeness (QED) is 0.735. The van der Waals surface area contributed by atoms with Crippen LogP contribution in [0.1, 0.15) is 17.7 Å². The van der Waals surface area contributed by atoms with Crippen molar-refractivity contribution in [2.45, 2.75) is 25.9 Å². The van der Waals surface area contributed by atoms with Crippen molar-refractivity contribution >= 4 is 11.1 Å². The van der Waals surface area contributed by atoms with Crippen LogP contribution in [0.15, 0.2) is 46.0 Å². The van der Waals surface area contributed by atoms with E-state index in [1.54, 1.807) is 10.9 Å². The third-order valence-corrected chi connectivity index (χ3v) is 4.38. The molecule has 0 saturated heterocycles. The van der Waals surface area contributed by atoms with Gasteiger partial charge in [0.05, 0.1) is 11.2 Å². The molecule has 3 heterocycles. The summed E-state index contributed by atoms with van der Waals surface area (Å²) in [6, 6.07) is 7.56. The van der Waals surface area contributed by atoms with Crippen LogP contribution in [0.25, 0.3) is 11.1 Å². The van der Waals surface area contributed by atoms with Gasteiger partial charge in [-0.1, -0.05) is 12.1 Å². The van der Waals surface area contributed by atoms with E-state index in [1.165, 1.54) is 5.56 Å². The number of nitrogens with zero attached hydrogens (tertiary/aromatic N) is 4. The summed E-state index contributed by atoms with van der Waals surface area (Å²) in [7, 11) is 0. The molecule has 6 nitrogen and oxygen atoms in total. The third-order valence-electron chi connectivity index (χ3n) is 4.38. The van der Waals surface area contributed by atoms with Gasteiger partial charge in [-0.25, -0.2) is 14.8 Å². The van der Waals surface area contributed by atoms with Gasteiger partial charge in [-0.2, -0.15) is 0 Å². The normalized spacial score (nSPS) is 15.0. The standard InChI is InChI=1S/C17H18N4O2/c22-17-21(15-4-1-2-5-16(15)23-17)8-3-7-20-9-6-13-10-18-12-19-14(13)11-20/h1-2,4-5,10,12H,3,6-9,11H2. The van der Waals surface area contributed by atoms with Crippen molar-refractivity contribution in [3.63, 3.8) is 0 Å². The van der Waals surface area contributed by atoms with Crippen LogP contribution >= 0.6 is 0 Å². The SMILES string of the molecule is O=c1oc2ccccc2n1CCCN1CCc2cncnc2C1. The van der Waals surface area contributed by atoms with Gasteiger partial charge in [0.1, 0.15) is 6.33 Å². The van der Waals surface area contributed by atoms with Gasteiger partial charge in [0.25, 0.3) is 0 Å². The third kappa shape index (κ3) is 2.77. The minimum absolute atomic E-state index is 0.275. The fourth-order valence-electron chi connectivity index (χ4n) is 3.17. The zero-order valence-electron chi connectivity index (χ0n) is 12.8. The Morgan fingerprint density at radius 1 is 1.22 bits per heavy atom. The number of hydrogen-bond acceptors (Lipinski definition) is 5. The average molecular weight is 310 g/mol. The molecule has 0 radical (unpaired) electrons. The molecule has 0 fully saturated rings. The minimum Gasteiger partial charge on any atom is -0.408 e. The maximum atomic E-state index is 12.0. The summed E-state index contributed by atoms with van der Waals surface area (Å²) in [4.78, 5) is 22.8. The highest BCUT2D eigenvalue weighted by molar-refractivity contribution is 5.72. The van der Waals surface area contributed by atoms with Crippen molar-refractivity contribution in [1.29, 1.82) is 0 Å². The van der Waals surface area contributed by atoms with Crippen LogP contribution in [0.4, 0.5) is 0 Å². The van der Waals surface area contributed by atoms with Gasteiger partial charge in [0, 0.05) is 32.4 Å². The van der Waals surface area contributed by atoms with E-state index in [0.717, 1.165) is 43.7 Å². The lowest BCUT2D eigenvalue weighted by Crippen LogP contribution is -2.32. The second kappa shape index (κ2) is 5.96. The Morgan fingerprint density at radius 3 is 3.09 bits per heavy atom. The maximum Gasteiger partial charge on any atom is 0.419 e. The van der Waals surface area contributed by atoms with Crippen LogP contribution in [0.5, 0.6) is 0 Å². The predicted octanol–water partition coefficient (Wildman–Crippen LogP) is 1.83. The highest BCUT2D eigenvalue weighted by atomic mass is 16.4. The van der Waals surface area contributed by atoms with Crippen LogP contribution < -0.4 is 5.76 Å². The van der Waals surface area contributed by atoms with Gasteiger partial charge in [0.2, 0.25) is 0 Å². The van der Waals surface area contributed by atoms with E-state index >= 15 is 0 Å². The molecule has 6 heteroatoms. The van der Waals surface area contributed by atoms with Crippen molar-refractivity contribution in [3.05, 3.63) is 58.6 Å². The summed E-state index contributed by atoms with van der Waals surface area (Å²) < 4.78 is 6.98. The molecule has 1 aromatic carbocycles. The van der Waals surface area contributed by atoms with Gasteiger partial charge in [0.15, 0.2) is 5.58 Å². The van der Waals surface area contributed by atoms with Gasteiger partial charge < -0.3 is 4.42 Å². The first kappa shape index (κ1) is 14.1. The van der Waals surface area contributed by atoms with Crippen LogP contribution in [0.3, 0.4) is 0 Å². The van der Waals surface area contributed by atoms with Gasteiger partial charge in [-0.05, 0) is 30.5 Å². The second-order valence-electron chi connectivity index (χ2n) is 5.86. The Kier molecular flexibility index (Phi) is 3.67. The first-order chi connectivity index (χ1) is 11.3. The summed E-state index contributed by atoms with van der Waals surface area (Å²) in [5.41, 5.74) is 3.90. The molecule has 0 unspecified atom stereocenters. The fraction of sp³-hybridized carbons (Fsp3) is 0.353. The van der Waals surface area contributed by atoms with E-state index in [4.69, 9.17) is 4.42 Å². The smallest absolute Gasteiger partial charge is 0.408 e. The number of fused-ring (bicyclic) bond motifs is 2. The summed E-state index contributed by atoms with van der Waals surface area (Å²) in [5, 5.41) is 0. The van der Waals surface area contributed by atoms with Crippen LogP contribution in [-0.4, -0.2) is 32.5 Å². The zero-order chi connectivity index (χ0) is 15.6. The van der Waals surface area contributed by atoms with Gasteiger partial charge >= 0.3 is 5.76 Å². The summed E-state index contributed by atoms with van der Waals surface area (Å²) in [6.07, 6.45) is 5.42. The predicted molar refractivity (Wildman–Crippen MR) is 86.1 cm³/mol. The number of benzene rings is 1. The maximum absolute atomic E-state index is 12.0. The first-order valence-corrected chi connectivity index (χ1v) is 7.90. The van der Waals surface area contributed by atoms with E-state index in [1.807, 2.05) is 30.5 Å². The number of hydrogen-bond donors (Lipinski definition) is 0. The van der Waals surface area contributed by atoms with Crippen LogP contribution in [0.2, 0.25) is 0 Å². The highest BCUT2D eigenvalue weighted by Gasteiger charge is 2.17. The number of rotatable bonds is 4. The lowest BCUT2D eigenvalue weighted by Gasteiger charge is -2.27. The molecule has 1 aliphatic heterocycles. The van der Waals surface area contributed by atoms with Crippen LogP contribution in [0, 0.1) is 0 Å². The van der Waals surface area contributed by atoms with Gasteiger partial charge in [-0.3, -0.25) is 9.47 Å². The molecule has 0 spiro atoms. The minimum atomic E-state index is -0.275. The number of aromatic nitrogens is 3. The molecule has 3 aromatic rings. The summed E-state index contributed by atoms with van der Waals surface area (Å²) in [5.74, 6) is -0.275. The Balaban J connectivity index is 1.41. The van der Waals surface area contributed by atoms with E-state index in [9.17, 15) is 4.79 Å². The number of para-hydroxylation sites is 2. The Bertz CT molecular complexity index is 883. The lowest BCUT2D eigenvalue weighted by molar-refractivity contribution is 0.241. The molecule has 0 N–H and O–H groups in total. The molecule has 1 aliphatic rings. The molecular formula is C17H18N4O2. The average Bonchev–Trinajstić information content (AvgIpc) is 2.90. The molecule has 2 aromatic heterocycles. The Labute approximate surface area is 133 Å². The summed E-state index contributed by atoms with van der Waals surface area (Å²) in [6.45, 7) is 3.48. The van der Waals surface area contributed by atoms with Gasteiger partial charge in [-0.15, -0.1) is 0 Å². The van der Waals surface area contributed by atoms with Crippen molar-refractivity contribution < 1.29 is 4.42 Å². The molecular weight excluding hydrogens is 292 g/mol. The fourth-order valence-corrected chi connectivity index (χ4v) is 3.17. The molecule has 4 rings (SSSR count). The van der Waals surface area contributed by atoms with Crippen molar-refractivity contribution in [1.82, 2.24) is 19.4 Å². The highest BCUT2D eigenvalue weighted by Crippen LogP contribution is 2.16. The first-order valence-electron chi connectivity index (χ1n) is 7.90. The molecule has 0 bridgehead atoms. The van der Waals surface area contributed by atoms with E-state index < -0.39 is 0 Å². The molecule has 118 valence electrons. The zero-order valence-corrected chi connectivity index (χ0v) is 12.8. The van der Waals surface area contributed by atoms with Crippen molar-refractivity contribution in [2.24, 2.45) is 0 Å². The number of aryl methyl sites for hydroxylation is 1. The van der Waals surface area contributed by atoms with E-state index in [0.29, 0.717) is 12.1 Å². The van der Waals surface area contributed by atoms with E-state index in [2.05, 4.69) is 14.9 Å². The van der Waals surface area contributed by atoms with Crippen LogP contribution in [-0.2, 0) is 19.5 Å². The summed E-state index contributed by atoms with van der Waals surface area (Å²) >= 11 is 0. The Morgan fingerprint density at radius 2 is 2.13 bits per heavy atom. The largest absolute Gasteiger partial charge is 0.419 e. The molecule has 0 atom stereocenters. The number of oxazole rings is 1. The molecule has 0 aliphatic carbocycles. The van der Waals surface area contributed by atoms with E-state index in [-0.39, 0.29) is 5.76 Å². The molecule has 0 saturated carbocycles.